The first-order valence-corrected chi connectivity index (χ1v) is 8.48. The Balaban J connectivity index is 1.63. The van der Waals surface area contributed by atoms with Crippen molar-refractivity contribution in [2.24, 2.45) is 4.99 Å². The van der Waals surface area contributed by atoms with Crippen molar-refractivity contribution >= 4 is 5.96 Å². The molecule has 0 spiro atoms. The van der Waals surface area contributed by atoms with Gasteiger partial charge in [0, 0.05) is 13.6 Å². The summed E-state index contributed by atoms with van der Waals surface area (Å²) in [5, 5.41) is 6.55. The van der Waals surface area contributed by atoms with Crippen LogP contribution in [0.3, 0.4) is 0 Å². The van der Waals surface area contributed by atoms with Gasteiger partial charge in [-0.05, 0) is 43.2 Å². The summed E-state index contributed by atoms with van der Waals surface area (Å²) in [6, 6.07) is 16.2. The van der Waals surface area contributed by atoms with Crippen molar-refractivity contribution < 1.29 is 9.47 Å². The van der Waals surface area contributed by atoms with Gasteiger partial charge < -0.3 is 20.1 Å². The Kier molecular flexibility index (Phi) is 7.63. The molecule has 0 atom stereocenters. The molecule has 0 heterocycles. The molecule has 0 unspecified atom stereocenters. The highest BCUT2D eigenvalue weighted by atomic mass is 16.5. The van der Waals surface area contributed by atoms with E-state index < -0.39 is 0 Å². The van der Waals surface area contributed by atoms with E-state index in [1.165, 1.54) is 11.1 Å². The van der Waals surface area contributed by atoms with Crippen molar-refractivity contribution in [3.63, 3.8) is 0 Å². The second-order valence-corrected chi connectivity index (χ2v) is 5.69. The first-order valence-electron chi connectivity index (χ1n) is 8.48. The SMILES string of the molecule is CN=C(NCCOc1ccc(C)cc1)NCCc1ccc(OC)cc1. The zero-order valence-electron chi connectivity index (χ0n) is 15.2. The van der Waals surface area contributed by atoms with Crippen molar-refractivity contribution in [1.29, 1.82) is 0 Å². The second-order valence-electron chi connectivity index (χ2n) is 5.69. The molecule has 134 valence electrons. The highest BCUT2D eigenvalue weighted by Gasteiger charge is 1.99. The molecule has 0 saturated carbocycles. The van der Waals surface area contributed by atoms with Gasteiger partial charge in [-0.2, -0.15) is 0 Å². The Morgan fingerprint density at radius 3 is 2.20 bits per heavy atom. The maximum Gasteiger partial charge on any atom is 0.191 e. The maximum absolute atomic E-state index is 5.69. The molecule has 0 radical (unpaired) electrons. The normalized spacial score (nSPS) is 11.1. The first-order chi connectivity index (χ1) is 12.2. The number of methoxy groups -OCH3 is 1. The van der Waals surface area contributed by atoms with Gasteiger partial charge in [-0.1, -0.05) is 29.8 Å². The molecular weight excluding hydrogens is 314 g/mol. The number of hydrogen-bond acceptors (Lipinski definition) is 3. The van der Waals surface area contributed by atoms with Crippen LogP contribution in [0.5, 0.6) is 11.5 Å². The van der Waals surface area contributed by atoms with E-state index in [0.29, 0.717) is 13.2 Å². The molecule has 0 bridgehead atoms. The number of nitrogens with one attached hydrogen (secondary N) is 2. The van der Waals surface area contributed by atoms with Crippen LogP contribution >= 0.6 is 0 Å². The molecular formula is C20H27N3O2. The molecule has 2 aromatic rings. The Labute approximate surface area is 150 Å². The zero-order valence-corrected chi connectivity index (χ0v) is 15.2. The van der Waals surface area contributed by atoms with Crippen LogP contribution in [-0.4, -0.2) is 39.8 Å². The van der Waals surface area contributed by atoms with E-state index >= 15 is 0 Å². The number of ether oxygens (including phenoxy) is 2. The van der Waals surface area contributed by atoms with Gasteiger partial charge in [0.2, 0.25) is 0 Å². The van der Waals surface area contributed by atoms with E-state index in [0.717, 1.165) is 30.4 Å². The smallest absolute Gasteiger partial charge is 0.191 e. The van der Waals surface area contributed by atoms with Crippen LogP contribution in [0.25, 0.3) is 0 Å². The Morgan fingerprint density at radius 2 is 1.56 bits per heavy atom. The molecule has 0 aromatic heterocycles. The van der Waals surface area contributed by atoms with Crippen molar-refractivity contribution in [2.45, 2.75) is 13.3 Å². The van der Waals surface area contributed by atoms with E-state index in [-0.39, 0.29) is 0 Å². The largest absolute Gasteiger partial charge is 0.497 e. The average molecular weight is 341 g/mol. The summed E-state index contributed by atoms with van der Waals surface area (Å²) in [4.78, 5) is 4.22. The minimum atomic E-state index is 0.586. The van der Waals surface area contributed by atoms with Gasteiger partial charge in [0.1, 0.15) is 18.1 Å². The molecule has 2 aromatic carbocycles. The predicted octanol–water partition coefficient (Wildman–Crippen LogP) is 2.79. The van der Waals surface area contributed by atoms with Crippen LogP contribution in [0.15, 0.2) is 53.5 Å². The van der Waals surface area contributed by atoms with E-state index in [4.69, 9.17) is 9.47 Å². The summed E-state index contributed by atoms with van der Waals surface area (Å²) in [6.45, 7) is 4.15. The van der Waals surface area contributed by atoms with Crippen LogP contribution in [0, 0.1) is 6.92 Å². The molecule has 2 rings (SSSR count). The standard InChI is InChI=1S/C20H27N3O2/c1-16-4-8-19(9-5-16)25-15-14-23-20(21-2)22-13-12-17-6-10-18(24-3)11-7-17/h4-11H,12-15H2,1-3H3,(H2,21,22,23). The Morgan fingerprint density at radius 1 is 0.920 bits per heavy atom. The third-order valence-electron chi connectivity index (χ3n) is 3.77. The lowest BCUT2D eigenvalue weighted by Gasteiger charge is -2.12. The molecule has 2 N–H and O–H groups in total. The van der Waals surface area contributed by atoms with Crippen LogP contribution < -0.4 is 20.1 Å². The van der Waals surface area contributed by atoms with Gasteiger partial charge in [-0.15, -0.1) is 0 Å². The second kappa shape index (κ2) is 10.2. The highest BCUT2D eigenvalue weighted by molar-refractivity contribution is 5.79. The fourth-order valence-corrected chi connectivity index (χ4v) is 2.31. The molecule has 0 aliphatic rings. The van der Waals surface area contributed by atoms with Gasteiger partial charge in [0.25, 0.3) is 0 Å². The van der Waals surface area contributed by atoms with Crippen LogP contribution in [0.2, 0.25) is 0 Å². The average Bonchev–Trinajstić information content (AvgIpc) is 2.65. The number of hydrogen-bond donors (Lipinski definition) is 2. The number of aryl methyl sites for hydroxylation is 1. The van der Waals surface area contributed by atoms with Gasteiger partial charge in [0.05, 0.1) is 13.7 Å². The zero-order chi connectivity index (χ0) is 17.9. The third kappa shape index (κ3) is 6.75. The third-order valence-corrected chi connectivity index (χ3v) is 3.77. The van der Waals surface area contributed by atoms with Gasteiger partial charge >= 0.3 is 0 Å². The minimum Gasteiger partial charge on any atom is -0.497 e. The summed E-state index contributed by atoms with van der Waals surface area (Å²) in [7, 11) is 3.44. The molecule has 0 fully saturated rings. The summed E-state index contributed by atoms with van der Waals surface area (Å²) in [6.07, 6.45) is 0.921. The van der Waals surface area contributed by atoms with Gasteiger partial charge in [-0.3, -0.25) is 4.99 Å². The topological polar surface area (TPSA) is 54.9 Å². The lowest BCUT2D eigenvalue weighted by molar-refractivity contribution is 0.322. The first kappa shape index (κ1) is 18.6. The summed E-state index contributed by atoms with van der Waals surface area (Å²) in [5.74, 6) is 2.54. The van der Waals surface area contributed by atoms with Gasteiger partial charge in [0.15, 0.2) is 5.96 Å². The molecule has 0 amide bonds. The Bertz CT molecular complexity index is 652. The lowest BCUT2D eigenvalue weighted by atomic mass is 10.1. The molecule has 5 heteroatoms. The fraction of sp³-hybridized carbons (Fsp3) is 0.350. The van der Waals surface area contributed by atoms with Crippen molar-refractivity contribution in [2.75, 3.05) is 33.9 Å². The quantitative estimate of drug-likeness (QED) is 0.440. The number of guanidine groups is 1. The van der Waals surface area contributed by atoms with E-state index in [9.17, 15) is 0 Å². The number of rotatable bonds is 8. The van der Waals surface area contributed by atoms with Crippen LogP contribution in [0.1, 0.15) is 11.1 Å². The summed E-state index contributed by atoms with van der Waals surface area (Å²) >= 11 is 0. The van der Waals surface area contributed by atoms with E-state index in [1.807, 2.05) is 36.4 Å². The number of benzene rings is 2. The number of nitrogens with zero attached hydrogens (tertiary/aromatic N) is 1. The maximum atomic E-state index is 5.69. The summed E-state index contributed by atoms with van der Waals surface area (Å²) in [5.41, 5.74) is 2.48. The molecule has 0 aliphatic heterocycles. The molecule has 25 heavy (non-hydrogen) atoms. The predicted molar refractivity (Wildman–Crippen MR) is 103 cm³/mol. The molecule has 5 nitrogen and oxygen atoms in total. The van der Waals surface area contributed by atoms with Crippen molar-refractivity contribution in [1.82, 2.24) is 10.6 Å². The highest BCUT2D eigenvalue weighted by Crippen LogP contribution is 2.11. The van der Waals surface area contributed by atoms with Crippen LogP contribution in [0.4, 0.5) is 0 Å². The lowest BCUT2D eigenvalue weighted by Crippen LogP contribution is -2.40. The monoisotopic (exact) mass is 341 g/mol. The minimum absolute atomic E-state index is 0.586. The van der Waals surface area contributed by atoms with Gasteiger partial charge in [-0.25, -0.2) is 0 Å². The summed E-state index contributed by atoms with van der Waals surface area (Å²) < 4.78 is 10.9. The van der Waals surface area contributed by atoms with Crippen molar-refractivity contribution in [3.05, 3.63) is 59.7 Å². The van der Waals surface area contributed by atoms with E-state index in [2.05, 4.69) is 34.7 Å². The molecule has 0 saturated heterocycles. The number of aliphatic imine (C=N–C) groups is 1. The van der Waals surface area contributed by atoms with E-state index in [1.54, 1.807) is 14.2 Å². The van der Waals surface area contributed by atoms with Crippen molar-refractivity contribution in [3.8, 4) is 11.5 Å². The fourth-order valence-electron chi connectivity index (χ4n) is 2.31. The molecule has 0 aliphatic carbocycles. The van der Waals surface area contributed by atoms with Crippen LogP contribution in [-0.2, 0) is 6.42 Å². The Hall–Kier alpha value is -2.69.